The third-order valence-corrected chi connectivity index (χ3v) is 3.48. The van der Waals surface area contributed by atoms with E-state index in [1.165, 1.54) is 12.1 Å². The molecule has 0 aliphatic rings. The zero-order chi connectivity index (χ0) is 14.5. The molecule has 1 N–H and O–H groups in total. The molecular formula is C17H20FNO. The number of hydrogen-bond acceptors (Lipinski definition) is 2. The first-order chi connectivity index (χ1) is 9.60. The first-order valence-corrected chi connectivity index (χ1v) is 6.72. The molecule has 1 unspecified atom stereocenters. The van der Waals surface area contributed by atoms with Crippen molar-refractivity contribution in [2.24, 2.45) is 0 Å². The smallest absolute Gasteiger partial charge is 0.123 e. The van der Waals surface area contributed by atoms with Gasteiger partial charge < -0.3 is 10.0 Å². The van der Waals surface area contributed by atoms with Crippen molar-refractivity contribution in [2.75, 3.05) is 25.6 Å². The van der Waals surface area contributed by atoms with Crippen molar-refractivity contribution >= 4 is 5.69 Å². The van der Waals surface area contributed by atoms with Gasteiger partial charge in [0.2, 0.25) is 0 Å². The van der Waals surface area contributed by atoms with E-state index in [2.05, 4.69) is 24.3 Å². The fourth-order valence-corrected chi connectivity index (χ4v) is 2.26. The summed E-state index contributed by atoms with van der Waals surface area (Å²) < 4.78 is 13.3. The van der Waals surface area contributed by atoms with Gasteiger partial charge in [-0.3, -0.25) is 0 Å². The predicted molar refractivity (Wildman–Crippen MR) is 80.7 cm³/mol. The van der Waals surface area contributed by atoms with E-state index in [4.69, 9.17) is 0 Å². The molecule has 0 radical (unpaired) electrons. The summed E-state index contributed by atoms with van der Waals surface area (Å²) in [5, 5.41) is 9.54. The fraction of sp³-hybridized carbons (Fsp3) is 0.294. The van der Waals surface area contributed by atoms with Crippen LogP contribution in [0, 0.1) is 5.82 Å². The maximum atomic E-state index is 13.3. The Balaban J connectivity index is 2.14. The Morgan fingerprint density at radius 2 is 1.80 bits per heavy atom. The lowest BCUT2D eigenvalue weighted by Crippen LogP contribution is -2.10. The number of hydrogen-bond donors (Lipinski definition) is 1. The van der Waals surface area contributed by atoms with Gasteiger partial charge in [0.25, 0.3) is 0 Å². The second-order valence-electron chi connectivity index (χ2n) is 5.20. The van der Waals surface area contributed by atoms with E-state index in [-0.39, 0.29) is 18.3 Å². The largest absolute Gasteiger partial charge is 0.396 e. The quantitative estimate of drug-likeness (QED) is 0.904. The molecule has 2 aromatic carbocycles. The van der Waals surface area contributed by atoms with E-state index < -0.39 is 0 Å². The van der Waals surface area contributed by atoms with Crippen LogP contribution >= 0.6 is 0 Å². The molecule has 0 aliphatic carbocycles. The molecule has 2 aromatic rings. The van der Waals surface area contributed by atoms with Gasteiger partial charge in [-0.1, -0.05) is 24.3 Å². The number of halogens is 1. The van der Waals surface area contributed by atoms with Crippen LogP contribution in [0.15, 0.2) is 48.5 Å². The molecule has 0 heterocycles. The Morgan fingerprint density at radius 3 is 2.35 bits per heavy atom. The highest BCUT2D eigenvalue weighted by molar-refractivity contribution is 5.46. The van der Waals surface area contributed by atoms with Crippen LogP contribution in [0.4, 0.5) is 10.1 Å². The first-order valence-electron chi connectivity index (χ1n) is 6.72. The van der Waals surface area contributed by atoms with Crippen molar-refractivity contribution in [3.05, 3.63) is 65.5 Å². The van der Waals surface area contributed by atoms with Crippen LogP contribution in [0.2, 0.25) is 0 Å². The lowest BCUT2D eigenvalue weighted by atomic mass is 9.92. The molecular weight excluding hydrogens is 253 g/mol. The van der Waals surface area contributed by atoms with E-state index in [0.29, 0.717) is 6.42 Å². The topological polar surface area (TPSA) is 23.5 Å². The zero-order valence-electron chi connectivity index (χ0n) is 11.9. The van der Waals surface area contributed by atoms with Crippen LogP contribution in [0.3, 0.4) is 0 Å². The van der Waals surface area contributed by atoms with Crippen molar-refractivity contribution in [1.29, 1.82) is 0 Å². The molecule has 20 heavy (non-hydrogen) atoms. The van der Waals surface area contributed by atoms with Gasteiger partial charge in [-0.15, -0.1) is 0 Å². The van der Waals surface area contributed by atoms with E-state index >= 15 is 0 Å². The second kappa shape index (κ2) is 6.53. The Bertz CT molecular complexity index is 551. The molecule has 0 saturated heterocycles. The maximum Gasteiger partial charge on any atom is 0.123 e. The van der Waals surface area contributed by atoms with Crippen molar-refractivity contribution in [1.82, 2.24) is 0 Å². The number of rotatable bonds is 5. The summed E-state index contributed by atoms with van der Waals surface area (Å²) >= 11 is 0. The predicted octanol–water partition coefficient (Wildman–Crippen LogP) is 3.21. The Kier molecular flexibility index (Phi) is 4.74. The summed E-state index contributed by atoms with van der Waals surface area (Å²) in [6.45, 7) is 0.0128. The van der Waals surface area contributed by atoms with Gasteiger partial charge in [-0.2, -0.15) is 0 Å². The first kappa shape index (κ1) is 14.5. The maximum absolute atomic E-state index is 13.3. The molecule has 0 amide bonds. The molecule has 0 aromatic heterocycles. The molecule has 1 atom stereocenters. The lowest BCUT2D eigenvalue weighted by molar-refractivity contribution is 0.264. The third kappa shape index (κ3) is 3.58. The zero-order valence-corrected chi connectivity index (χ0v) is 11.9. The van der Waals surface area contributed by atoms with E-state index in [9.17, 15) is 9.50 Å². The molecule has 0 bridgehead atoms. The van der Waals surface area contributed by atoms with Crippen LogP contribution in [-0.2, 0) is 6.42 Å². The Morgan fingerprint density at radius 1 is 1.10 bits per heavy atom. The van der Waals surface area contributed by atoms with Crippen molar-refractivity contribution < 1.29 is 9.50 Å². The summed E-state index contributed by atoms with van der Waals surface area (Å²) in [5.74, 6) is -0.334. The molecule has 3 heteroatoms. The summed E-state index contributed by atoms with van der Waals surface area (Å²) in [7, 11) is 4.00. The number of aliphatic hydroxyl groups excluding tert-OH is 1. The summed E-state index contributed by atoms with van der Waals surface area (Å²) in [6.07, 6.45) is 0.702. The van der Waals surface area contributed by atoms with Gasteiger partial charge in [0.1, 0.15) is 5.82 Å². The summed E-state index contributed by atoms with van der Waals surface area (Å²) in [4.78, 5) is 2.04. The lowest BCUT2D eigenvalue weighted by Gasteiger charge is -2.16. The molecule has 2 nitrogen and oxygen atoms in total. The molecule has 2 rings (SSSR count). The second-order valence-corrected chi connectivity index (χ2v) is 5.20. The summed E-state index contributed by atoms with van der Waals surface area (Å²) in [5.41, 5.74) is 3.11. The van der Waals surface area contributed by atoms with Crippen LogP contribution < -0.4 is 4.90 Å². The van der Waals surface area contributed by atoms with Crippen LogP contribution in [0.25, 0.3) is 0 Å². The van der Waals surface area contributed by atoms with Crippen LogP contribution in [-0.4, -0.2) is 25.8 Å². The number of nitrogens with zero attached hydrogens (tertiary/aromatic N) is 1. The van der Waals surface area contributed by atoms with Gasteiger partial charge in [0.05, 0.1) is 6.61 Å². The van der Waals surface area contributed by atoms with Crippen LogP contribution in [0.1, 0.15) is 17.0 Å². The molecule has 0 spiro atoms. The average molecular weight is 273 g/mol. The van der Waals surface area contributed by atoms with Crippen molar-refractivity contribution in [3.63, 3.8) is 0 Å². The number of benzene rings is 2. The highest BCUT2D eigenvalue weighted by Gasteiger charge is 2.12. The molecule has 106 valence electrons. The van der Waals surface area contributed by atoms with Gasteiger partial charge in [-0.05, 0) is 41.8 Å². The minimum atomic E-state index is -0.260. The van der Waals surface area contributed by atoms with E-state index in [1.54, 1.807) is 6.07 Å². The highest BCUT2D eigenvalue weighted by Crippen LogP contribution is 2.22. The fourth-order valence-electron chi connectivity index (χ4n) is 2.26. The van der Waals surface area contributed by atoms with Crippen molar-refractivity contribution in [2.45, 2.75) is 12.3 Å². The SMILES string of the molecule is CN(C)c1ccc(CC(CO)c2cccc(F)c2)cc1. The Labute approximate surface area is 119 Å². The van der Waals surface area contributed by atoms with Gasteiger partial charge in [0, 0.05) is 25.7 Å². The monoisotopic (exact) mass is 273 g/mol. The van der Waals surface area contributed by atoms with Gasteiger partial charge in [-0.25, -0.2) is 4.39 Å². The normalized spacial score (nSPS) is 12.2. The third-order valence-electron chi connectivity index (χ3n) is 3.48. The minimum Gasteiger partial charge on any atom is -0.396 e. The Hall–Kier alpha value is -1.87. The molecule has 0 aliphatic heterocycles. The summed E-state index contributed by atoms with van der Waals surface area (Å²) in [6, 6.07) is 14.7. The highest BCUT2D eigenvalue weighted by atomic mass is 19.1. The average Bonchev–Trinajstić information content (AvgIpc) is 2.45. The molecule has 0 fully saturated rings. The van der Waals surface area contributed by atoms with E-state index in [0.717, 1.165) is 16.8 Å². The number of anilines is 1. The van der Waals surface area contributed by atoms with Crippen LogP contribution in [0.5, 0.6) is 0 Å². The van der Waals surface area contributed by atoms with Crippen molar-refractivity contribution in [3.8, 4) is 0 Å². The number of aliphatic hydroxyl groups is 1. The van der Waals surface area contributed by atoms with Gasteiger partial charge >= 0.3 is 0 Å². The standard InChI is InChI=1S/C17H20FNO/c1-19(2)17-8-6-13(7-9-17)10-15(12-20)14-4-3-5-16(18)11-14/h3-9,11,15,20H,10,12H2,1-2H3. The van der Waals surface area contributed by atoms with E-state index in [1.807, 2.05) is 25.1 Å². The van der Waals surface area contributed by atoms with Gasteiger partial charge in [0.15, 0.2) is 0 Å². The molecule has 0 saturated carbocycles. The minimum absolute atomic E-state index is 0.0128.